The van der Waals surface area contributed by atoms with Gasteiger partial charge in [0, 0.05) is 0 Å². The topological polar surface area (TPSA) is 92.4 Å². The molecule has 21 heavy (non-hydrogen) atoms. The first-order valence-corrected chi connectivity index (χ1v) is 8.46. The van der Waals surface area contributed by atoms with Gasteiger partial charge in [-0.3, -0.25) is 0 Å². The molecular weight excluding hydrogens is 295 g/mol. The molecule has 4 N–H and O–H groups in total. The Balaban J connectivity index is 2.33. The van der Waals surface area contributed by atoms with Crippen molar-refractivity contribution in [2.24, 2.45) is 5.92 Å². The normalized spacial score (nSPS) is 26.7. The van der Waals surface area contributed by atoms with E-state index in [1.54, 1.807) is 0 Å². The number of aliphatic hydroxyl groups excluding tert-OH is 1. The zero-order chi connectivity index (χ0) is 15.7. The minimum atomic E-state index is -3.98. The quantitative estimate of drug-likeness (QED) is 0.736. The van der Waals surface area contributed by atoms with Crippen molar-refractivity contribution < 1.29 is 17.9 Å². The second kappa shape index (κ2) is 5.90. The third-order valence-corrected chi connectivity index (χ3v) is 5.64. The Hall–Kier alpha value is -1.18. The Kier molecular flexibility index (Phi) is 4.55. The molecule has 1 saturated carbocycles. The number of hydrogen-bond acceptors (Lipinski definition) is 4. The molecule has 0 heterocycles. The highest BCUT2D eigenvalue weighted by Gasteiger charge is 2.38. The van der Waals surface area contributed by atoms with Crippen molar-refractivity contribution in [2.45, 2.75) is 43.0 Å². The van der Waals surface area contributed by atoms with Crippen LogP contribution in [-0.2, 0) is 10.0 Å². The van der Waals surface area contributed by atoms with E-state index in [-0.39, 0.29) is 17.2 Å². The molecule has 1 aromatic rings. The van der Waals surface area contributed by atoms with Crippen LogP contribution in [0.5, 0.6) is 0 Å². The molecule has 0 aliphatic heterocycles. The predicted octanol–water partition coefficient (Wildman–Crippen LogP) is 1.63. The third-order valence-electron chi connectivity index (χ3n) is 4.01. The lowest BCUT2D eigenvalue weighted by atomic mass is 9.78. The van der Waals surface area contributed by atoms with Crippen molar-refractivity contribution >= 4 is 15.7 Å². The first-order chi connectivity index (χ1) is 9.78. The zero-order valence-corrected chi connectivity index (χ0v) is 12.8. The molecule has 1 fully saturated rings. The largest absolute Gasteiger partial charge is 0.398 e. The van der Waals surface area contributed by atoms with E-state index in [2.05, 4.69) is 4.72 Å². The summed E-state index contributed by atoms with van der Waals surface area (Å²) < 4.78 is 40.8. The van der Waals surface area contributed by atoms with Crippen LogP contribution in [0.2, 0.25) is 0 Å². The summed E-state index contributed by atoms with van der Waals surface area (Å²) in [5.74, 6) is -0.349. The number of rotatable bonds is 4. The molecule has 0 radical (unpaired) electrons. The number of nitrogen functional groups attached to an aromatic ring is 1. The molecule has 0 spiro atoms. The molecule has 1 aliphatic rings. The number of aliphatic hydroxyl groups is 1. The van der Waals surface area contributed by atoms with Gasteiger partial charge in [0.2, 0.25) is 10.0 Å². The lowest BCUT2D eigenvalue weighted by Crippen LogP contribution is -2.53. The fourth-order valence-electron chi connectivity index (χ4n) is 3.01. The number of nitrogens with two attached hydrogens (primary N) is 1. The van der Waals surface area contributed by atoms with Crippen LogP contribution in [0.3, 0.4) is 0 Å². The maximum Gasteiger partial charge on any atom is 0.243 e. The fourth-order valence-corrected chi connectivity index (χ4v) is 4.59. The number of nitrogens with one attached hydrogen (secondary N) is 1. The molecule has 2 unspecified atom stereocenters. The number of benzene rings is 1. The van der Waals surface area contributed by atoms with Crippen LogP contribution >= 0.6 is 0 Å². The average Bonchev–Trinajstić information content (AvgIpc) is 2.41. The molecule has 7 heteroatoms. The number of halogens is 1. The van der Waals surface area contributed by atoms with Crippen LogP contribution in [0.1, 0.15) is 32.6 Å². The maximum absolute atomic E-state index is 13.3. The SMILES string of the molecule is CC1CCCC(CO)(NS(=O)(=O)c2cc(F)ccc2N)C1. The number of anilines is 1. The van der Waals surface area contributed by atoms with Crippen molar-refractivity contribution in [2.75, 3.05) is 12.3 Å². The van der Waals surface area contributed by atoms with E-state index in [1.165, 1.54) is 6.07 Å². The zero-order valence-electron chi connectivity index (χ0n) is 12.0. The lowest BCUT2D eigenvalue weighted by molar-refractivity contribution is 0.120. The summed E-state index contributed by atoms with van der Waals surface area (Å²) in [7, 11) is -3.98. The number of sulfonamides is 1. The smallest absolute Gasteiger partial charge is 0.243 e. The highest BCUT2D eigenvalue weighted by atomic mass is 32.2. The molecule has 0 bridgehead atoms. The monoisotopic (exact) mass is 316 g/mol. The molecule has 118 valence electrons. The molecule has 2 atom stereocenters. The Morgan fingerprint density at radius 2 is 2.24 bits per heavy atom. The molecule has 5 nitrogen and oxygen atoms in total. The molecule has 0 saturated heterocycles. The standard InChI is InChI=1S/C14H21FN2O3S/c1-10-3-2-6-14(8-10,9-18)17-21(19,20)13-7-11(15)4-5-12(13)16/h4-5,7,10,17-18H,2-3,6,8-9,16H2,1H3. The lowest BCUT2D eigenvalue weighted by Gasteiger charge is -2.39. The Bertz CT molecular complexity index is 621. The summed E-state index contributed by atoms with van der Waals surface area (Å²) in [6.45, 7) is 1.74. The van der Waals surface area contributed by atoms with Gasteiger partial charge in [0.15, 0.2) is 0 Å². The average molecular weight is 316 g/mol. The van der Waals surface area contributed by atoms with E-state index in [0.29, 0.717) is 18.8 Å². The molecule has 1 aliphatic carbocycles. The van der Waals surface area contributed by atoms with E-state index in [0.717, 1.165) is 25.0 Å². The van der Waals surface area contributed by atoms with Gasteiger partial charge in [-0.1, -0.05) is 19.8 Å². The molecular formula is C14H21FN2O3S. The van der Waals surface area contributed by atoms with Crippen molar-refractivity contribution in [3.63, 3.8) is 0 Å². The fraction of sp³-hybridized carbons (Fsp3) is 0.571. The summed E-state index contributed by atoms with van der Waals surface area (Å²) in [4.78, 5) is -0.284. The second-order valence-corrected chi connectivity index (χ2v) is 7.58. The van der Waals surface area contributed by atoms with Crippen LogP contribution in [0.4, 0.5) is 10.1 Å². The third kappa shape index (κ3) is 3.53. The van der Waals surface area contributed by atoms with Crippen LogP contribution in [0.15, 0.2) is 23.1 Å². The summed E-state index contributed by atoms with van der Waals surface area (Å²) >= 11 is 0. The number of hydrogen-bond donors (Lipinski definition) is 3. The first-order valence-electron chi connectivity index (χ1n) is 6.98. The molecule has 2 rings (SSSR count). The molecule has 1 aromatic carbocycles. The minimum absolute atomic E-state index is 0.0131. The predicted molar refractivity (Wildman–Crippen MR) is 78.6 cm³/mol. The van der Waals surface area contributed by atoms with Gasteiger partial charge in [-0.2, -0.15) is 0 Å². The van der Waals surface area contributed by atoms with Crippen LogP contribution in [0.25, 0.3) is 0 Å². The van der Waals surface area contributed by atoms with Crippen molar-refractivity contribution in [1.82, 2.24) is 4.72 Å². The van der Waals surface area contributed by atoms with Gasteiger partial charge < -0.3 is 10.8 Å². The highest BCUT2D eigenvalue weighted by molar-refractivity contribution is 7.89. The minimum Gasteiger partial charge on any atom is -0.398 e. The van der Waals surface area contributed by atoms with E-state index in [4.69, 9.17) is 5.73 Å². The van der Waals surface area contributed by atoms with Gasteiger partial charge in [-0.25, -0.2) is 17.5 Å². The summed E-state index contributed by atoms with van der Waals surface area (Å²) in [5, 5.41) is 9.66. The summed E-state index contributed by atoms with van der Waals surface area (Å²) in [6.07, 6.45) is 2.95. The Morgan fingerprint density at radius 1 is 1.52 bits per heavy atom. The summed E-state index contributed by atoms with van der Waals surface area (Å²) in [5.41, 5.74) is 4.74. The van der Waals surface area contributed by atoms with Gasteiger partial charge >= 0.3 is 0 Å². The summed E-state index contributed by atoms with van der Waals surface area (Å²) in [6, 6.07) is 3.23. The van der Waals surface area contributed by atoms with Crippen molar-refractivity contribution in [3.8, 4) is 0 Å². The van der Waals surface area contributed by atoms with Crippen LogP contribution in [0, 0.1) is 11.7 Å². The molecule has 0 amide bonds. The Labute approximate surface area is 124 Å². The van der Waals surface area contributed by atoms with Gasteiger partial charge in [0.25, 0.3) is 0 Å². The van der Waals surface area contributed by atoms with Gasteiger partial charge in [0.05, 0.1) is 17.8 Å². The first kappa shape index (κ1) is 16.2. The van der Waals surface area contributed by atoms with Gasteiger partial charge in [-0.05, 0) is 37.0 Å². The maximum atomic E-state index is 13.3. The Morgan fingerprint density at radius 3 is 2.86 bits per heavy atom. The van der Waals surface area contributed by atoms with Gasteiger partial charge in [0.1, 0.15) is 10.7 Å². The van der Waals surface area contributed by atoms with E-state index < -0.39 is 21.4 Å². The van der Waals surface area contributed by atoms with Crippen molar-refractivity contribution in [3.05, 3.63) is 24.0 Å². The van der Waals surface area contributed by atoms with E-state index in [9.17, 15) is 17.9 Å². The molecule has 0 aromatic heterocycles. The van der Waals surface area contributed by atoms with Gasteiger partial charge in [-0.15, -0.1) is 0 Å². The van der Waals surface area contributed by atoms with E-state index in [1.807, 2.05) is 6.92 Å². The highest BCUT2D eigenvalue weighted by Crippen LogP contribution is 2.33. The van der Waals surface area contributed by atoms with Crippen LogP contribution in [-0.4, -0.2) is 25.7 Å². The van der Waals surface area contributed by atoms with Crippen molar-refractivity contribution in [1.29, 1.82) is 0 Å². The van der Waals surface area contributed by atoms with Crippen LogP contribution < -0.4 is 10.5 Å². The van der Waals surface area contributed by atoms with E-state index >= 15 is 0 Å². The second-order valence-electron chi connectivity index (χ2n) is 5.93.